The van der Waals surface area contributed by atoms with E-state index in [1.165, 1.54) is 12.1 Å². The van der Waals surface area contributed by atoms with Gasteiger partial charge in [-0.2, -0.15) is 0 Å². The van der Waals surface area contributed by atoms with Crippen LogP contribution in [0.3, 0.4) is 0 Å². The Bertz CT molecular complexity index is 661. The first-order valence-electron chi connectivity index (χ1n) is 5.57. The van der Waals surface area contributed by atoms with Gasteiger partial charge >= 0.3 is 5.97 Å². The van der Waals surface area contributed by atoms with Crippen molar-refractivity contribution in [1.29, 1.82) is 0 Å². The number of ether oxygens (including phenoxy) is 1. The number of halogens is 3. The highest BCUT2D eigenvalue weighted by Gasteiger charge is 2.11. The van der Waals surface area contributed by atoms with Crippen LogP contribution in [0, 0.1) is 5.82 Å². The SMILES string of the molecule is O=C(O)c1ccc(COc2ccc(Br)cc2Cl)cc1F. The number of hydrogen-bond acceptors (Lipinski definition) is 2. The number of aromatic carboxylic acids is 1. The second-order valence-electron chi connectivity index (χ2n) is 3.98. The fourth-order valence-electron chi connectivity index (χ4n) is 1.58. The average Bonchev–Trinajstić information content (AvgIpc) is 2.37. The molecule has 20 heavy (non-hydrogen) atoms. The minimum absolute atomic E-state index is 0.0954. The van der Waals surface area contributed by atoms with Gasteiger partial charge in [-0.15, -0.1) is 0 Å². The molecule has 0 bridgehead atoms. The summed E-state index contributed by atoms with van der Waals surface area (Å²) in [5.41, 5.74) is 0.155. The molecule has 104 valence electrons. The third-order valence-electron chi connectivity index (χ3n) is 2.55. The lowest BCUT2D eigenvalue weighted by Crippen LogP contribution is -2.03. The van der Waals surface area contributed by atoms with Crippen molar-refractivity contribution in [1.82, 2.24) is 0 Å². The molecule has 2 rings (SSSR count). The van der Waals surface area contributed by atoms with Gasteiger partial charge < -0.3 is 9.84 Å². The predicted octanol–water partition coefficient (Wildman–Crippen LogP) is 4.52. The molecule has 2 aromatic rings. The van der Waals surface area contributed by atoms with Gasteiger partial charge in [0.25, 0.3) is 0 Å². The van der Waals surface area contributed by atoms with Crippen molar-refractivity contribution in [3.05, 3.63) is 62.8 Å². The van der Waals surface area contributed by atoms with Crippen LogP contribution in [0.1, 0.15) is 15.9 Å². The van der Waals surface area contributed by atoms with E-state index in [4.69, 9.17) is 21.4 Å². The van der Waals surface area contributed by atoms with Crippen LogP contribution in [0.25, 0.3) is 0 Å². The normalized spacial score (nSPS) is 10.3. The van der Waals surface area contributed by atoms with Gasteiger partial charge in [0.15, 0.2) is 0 Å². The standard InChI is InChI=1S/C14H9BrClFO3/c15-9-2-4-13(11(16)6-9)20-7-8-1-3-10(14(18)19)12(17)5-8/h1-6H,7H2,(H,18,19). The fraction of sp³-hybridized carbons (Fsp3) is 0.0714. The molecule has 1 N–H and O–H groups in total. The maximum absolute atomic E-state index is 13.5. The molecule has 0 unspecified atom stereocenters. The van der Waals surface area contributed by atoms with Crippen molar-refractivity contribution in [2.24, 2.45) is 0 Å². The van der Waals surface area contributed by atoms with E-state index in [9.17, 15) is 9.18 Å². The summed E-state index contributed by atoms with van der Waals surface area (Å²) >= 11 is 9.27. The molecule has 2 aromatic carbocycles. The Morgan fingerprint density at radius 3 is 2.65 bits per heavy atom. The minimum atomic E-state index is -1.30. The molecule has 0 fully saturated rings. The second kappa shape index (κ2) is 6.24. The van der Waals surface area contributed by atoms with E-state index in [0.29, 0.717) is 16.3 Å². The summed E-state index contributed by atoms with van der Waals surface area (Å²) in [5, 5.41) is 9.17. The van der Waals surface area contributed by atoms with Crippen molar-refractivity contribution >= 4 is 33.5 Å². The maximum atomic E-state index is 13.5. The highest BCUT2D eigenvalue weighted by Crippen LogP contribution is 2.28. The Balaban J connectivity index is 2.11. The summed E-state index contributed by atoms with van der Waals surface area (Å²) in [6, 6.07) is 8.99. The monoisotopic (exact) mass is 358 g/mol. The summed E-state index contributed by atoms with van der Waals surface area (Å²) in [6.45, 7) is 0.0954. The Morgan fingerprint density at radius 1 is 1.30 bits per heavy atom. The van der Waals surface area contributed by atoms with Gasteiger partial charge in [0.05, 0.1) is 10.6 Å². The Labute approximate surface area is 128 Å². The predicted molar refractivity (Wildman–Crippen MR) is 76.8 cm³/mol. The molecule has 0 aliphatic carbocycles. The molecule has 0 radical (unpaired) electrons. The lowest BCUT2D eigenvalue weighted by molar-refractivity contribution is 0.0692. The zero-order valence-corrected chi connectivity index (χ0v) is 12.4. The number of benzene rings is 2. The van der Waals surface area contributed by atoms with Crippen LogP contribution in [-0.2, 0) is 6.61 Å². The Morgan fingerprint density at radius 2 is 2.05 bits per heavy atom. The molecule has 0 aliphatic rings. The molecule has 0 aliphatic heterocycles. The highest BCUT2D eigenvalue weighted by molar-refractivity contribution is 9.10. The Hall–Kier alpha value is -1.59. The van der Waals surface area contributed by atoms with E-state index in [0.717, 1.165) is 10.5 Å². The summed E-state index contributed by atoms with van der Waals surface area (Å²) in [4.78, 5) is 10.7. The van der Waals surface area contributed by atoms with Crippen LogP contribution < -0.4 is 4.74 Å². The largest absolute Gasteiger partial charge is 0.487 e. The fourth-order valence-corrected chi connectivity index (χ4v) is 2.30. The summed E-state index contributed by atoms with van der Waals surface area (Å²) in [5.74, 6) is -1.62. The molecule has 0 saturated heterocycles. The first-order chi connectivity index (χ1) is 9.47. The van der Waals surface area contributed by atoms with Crippen molar-refractivity contribution < 1.29 is 19.0 Å². The summed E-state index contributed by atoms with van der Waals surface area (Å²) in [7, 11) is 0. The molecular formula is C14H9BrClFO3. The van der Waals surface area contributed by atoms with E-state index in [1.54, 1.807) is 18.2 Å². The van der Waals surface area contributed by atoms with E-state index in [1.807, 2.05) is 0 Å². The summed E-state index contributed by atoms with van der Waals surface area (Å²) < 4.78 is 19.8. The van der Waals surface area contributed by atoms with Crippen LogP contribution >= 0.6 is 27.5 Å². The van der Waals surface area contributed by atoms with Crippen molar-refractivity contribution in [2.45, 2.75) is 6.61 Å². The molecule has 6 heteroatoms. The van der Waals surface area contributed by atoms with Crippen molar-refractivity contribution in [3.63, 3.8) is 0 Å². The number of carboxylic acids is 1. The lowest BCUT2D eigenvalue weighted by Gasteiger charge is -2.09. The highest BCUT2D eigenvalue weighted by atomic mass is 79.9. The van der Waals surface area contributed by atoms with Crippen LogP contribution in [0.5, 0.6) is 5.75 Å². The average molecular weight is 360 g/mol. The third kappa shape index (κ3) is 3.49. The lowest BCUT2D eigenvalue weighted by atomic mass is 10.1. The number of carboxylic acid groups (broad SMARTS) is 1. The van der Waals surface area contributed by atoms with Gasteiger partial charge in [0.2, 0.25) is 0 Å². The van der Waals surface area contributed by atoms with Gasteiger partial charge in [-0.1, -0.05) is 33.6 Å². The zero-order valence-electron chi connectivity index (χ0n) is 10.1. The van der Waals surface area contributed by atoms with Gasteiger partial charge in [-0.3, -0.25) is 0 Å². The quantitative estimate of drug-likeness (QED) is 0.873. The first-order valence-corrected chi connectivity index (χ1v) is 6.74. The van der Waals surface area contributed by atoms with Crippen LogP contribution in [0.2, 0.25) is 5.02 Å². The van der Waals surface area contributed by atoms with Crippen LogP contribution in [0.4, 0.5) is 4.39 Å². The molecule has 0 heterocycles. The minimum Gasteiger partial charge on any atom is -0.487 e. The number of carbonyl (C=O) groups is 1. The third-order valence-corrected chi connectivity index (χ3v) is 3.34. The van der Waals surface area contributed by atoms with Gasteiger partial charge in [0, 0.05) is 4.47 Å². The summed E-state index contributed by atoms with van der Waals surface area (Å²) in [6.07, 6.45) is 0. The zero-order chi connectivity index (χ0) is 14.7. The second-order valence-corrected chi connectivity index (χ2v) is 5.31. The molecule has 0 atom stereocenters. The molecular weight excluding hydrogens is 351 g/mol. The topological polar surface area (TPSA) is 46.5 Å². The molecule has 0 spiro atoms. The van der Waals surface area contributed by atoms with Gasteiger partial charge in [-0.05, 0) is 35.9 Å². The molecule has 0 saturated carbocycles. The number of rotatable bonds is 4. The molecule has 3 nitrogen and oxygen atoms in total. The number of hydrogen-bond donors (Lipinski definition) is 1. The molecule has 0 aromatic heterocycles. The van der Waals surface area contributed by atoms with Crippen LogP contribution in [-0.4, -0.2) is 11.1 Å². The van der Waals surface area contributed by atoms with E-state index in [2.05, 4.69) is 15.9 Å². The Kier molecular flexibility index (Phi) is 4.62. The first kappa shape index (κ1) is 14.8. The molecule has 0 amide bonds. The van der Waals surface area contributed by atoms with E-state index < -0.39 is 11.8 Å². The maximum Gasteiger partial charge on any atom is 0.338 e. The van der Waals surface area contributed by atoms with Crippen molar-refractivity contribution in [2.75, 3.05) is 0 Å². The smallest absolute Gasteiger partial charge is 0.338 e. The van der Waals surface area contributed by atoms with Crippen LogP contribution in [0.15, 0.2) is 40.9 Å². The van der Waals surface area contributed by atoms with E-state index in [-0.39, 0.29) is 12.2 Å². The van der Waals surface area contributed by atoms with Gasteiger partial charge in [0.1, 0.15) is 18.2 Å². The van der Waals surface area contributed by atoms with Gasteiger partial charge in [-0.25, -0.2) is 9.18 Å². The van der Waals surface area contributed by atoms with Crippen molar-refractivity contribution in [3.8, 4) is 5.75 Å². The van der Waals surface area contributed by atoms with E-state index >= 15 is 0 Å².